The summed E-state index contributed by atoms with van der Waals surface area (Å²) in [5.41, 5.74) is 8.48. The largest absolute Gasteiger partial charge is 0.455 e. The van der Waals surface area contributed by atoms with Crippen LogP contribution in [0.2, 0.25) is 0 Å². The number of benzene rings is 4. The van der Waals surface area contributed by atoms with Gasteiger partial charge in [-0.3, -0.25) is 4.98 Å². The molecule has 0 radical (unpaired) electrons. The van der Waals surface area contributed by atoms with Crippen LogP contribution in [0.5, 0.6) is 0 Å². The van der Waals surface area contributed by atoms with Gasteiger partial charge >= 0.3 is 0 Å². The lowest BCUT2D eigenvalue weighted by atomic mass is 9.82. The first-order chi connectivity index (χ1) is 17.0. The quantitative estimate of drug-likeness (QED) is 0.247. The maximum Gasteiger partial charge on any atom is 0.143 e. The van der Waals surface area contributed by atoms with Crippen LogP contribution in [-0.2, 0) is 18.3 Å². The smallest absolute Gasteiger partial charge is 0.143 e. The number of aromatic nitrogens is 1. The van der Waals surface area contributed by atoms with E-state index in [4.69, 9.17) is 9.40 Å². The van der Waals surface area contributed by atoms with Crippen LogP contribution in [0.1, 0.15) is 50.3 Å². The van der Waals surface area contributed by atoms with Crippen molar-refractivity contribution < 1.29 is 4.42 Å². The van der Waals surface area contributed by atoms with Crippen LogP contribution in [0.4, 0.5) is 0 Å². The number of furan rings is 1. The van der Waals surface area contributed by atoms with Gasteiger partial charge in [-0.1, -0.05) is 51.1 Å². The Kier molecular flexibility index (Phi) is 4.39. The maximum atomic E-state index is 6.54. The summed E-state index contributed by atoms with van der Waals surface area (Å²) in [6, 6.07) is 24.5. The summed E-state index contributed by atoms with van der Waals surface area (Å²) in [5.74, 6) is 0. The van der Waals surface area contributed by atoms with E-state index >= 15 is 0 Å². The molecular formula is C33H29NO. The van der Waals surface area contributed by atoms with E-state index < -0.39 is 0 Å². The van der Waals surface area contributed by atoms with E-state index in [1.54, 1.807) is 0 Å². The van der Waals surface area contributed by atoms with Crippen LogP contribution in [0.15, 0.2) is 77.3 Å². The third kappa shape index (κ3) is 3.20. The molecule has 0 saturated heterocycles. The molecule has 1 aliphatic carbocycles. The number of aryl methyl sites for hydroxylation is 2. The van der Waals surface area contributed by atoms with Gasteiger partial charge in [0.25, 0.3) is 0 Å². The van der Waals surface area contributed by atoms with Gasteiger partial charge in [0.2, 0.25) is 0 Å². The average Bonchev–Trinajstić information content (AvgIpc) is 3.23. The molecule has 0 amide bonds. The lowest BCUT2D eigenvalue weighted by Crippen LogP contribution is -2.12. The van der Waals surface area contributed by atoms with Crippen molar-refractivity contribution in [2.45, 2.75) is 51.9 Å². The van der Waals surface area contributed by atoms with Crippen molar-refractivity contribution in [2.75, 3.05) is 0 Å². The zero-order valence-electron chi connectivity index (χ0n) is 20.6. The molecule has 6 aromatic rings. The molecule has 0 atom stereocenters. The summed E-state index contributed by atoms with van der Waals surface area (Å²) in [5, 5.41) is 7.27. The number of rotatable bonds is 1. The van der Waals surface area contributed by atoms with Gasteiger partial charge in [-0.2, -0.15) is 0 Å². The molecule has 0 N–H and O–H groups in total. The minimum atomic E-state index is 0.0330. The van der Waals surface area contributed by atoms with Crippen molar-refractivity contribution >= 4 is 43.5 Å². The van der Waals surface area contributed by atoms with E-state index in [0.29, 0.717) is 0 Å². The molecule has 2 heteroatoms. The Morgan fingerprint density at radius 2 is 1.46 bits per heavy atom. The Morgan fingerprint density at radius 1 is 0.714 bits per heavy atom. The fraction of sp³-hybridized carbons (Fsp3) is 0.242. The second-order valence-electron chi connectivity index (χ2n) is 11.1. The third-order valence-corrected chi connectivity index (χ3v) is 7.79. The highest BCUT2D eigenvalue weighted by molar-refractivity contribution is 6.17. The lowest BCUT2D eigenvalue weighted by molar-refractivity contribution is 0.596. The summed E-state index contributed by atoms with van der Waals surface area (Å²) in [6.07, 6.45) is 6.84. The summed E-state index contributed by atoms with van der Waals surface area (Å²) in [6.45, 7) is 6.85. The standard InChI is InChI=1S/C33H29NO/c1-33(2,3)29-18-23(16-22-10-6-7-11-24(22)29)31-25-12-13-26-28-17-20-8-4-5-9-21(20)19-30(28)35-32(26)27(25)14-15-34-31/h6-7,10-19H,4-5,8-9H2,1-3H3. The fourth-order valence-corrected chi connectivity index (χ4v) is 6.02. The zero-order valence-corrected chi connectivity index (χ0v) is 20.6. The molecule has 0 aliphatic heterocycles. The molecule has 0 fully saturated rings. The van der Waals surface area contributed by atoms with Gasteiger partial charge in [0.05, 0.1) is 5.69 Å². The van der Waals surface area contributed by atoms with E-state index in [1.165, 1.54) is 57.5 Å². The van der Waals surface area contributed by atoms with E-state index in [-0.39, 0.29) is 5.41 Å². The Labute approximate surface area is 205 Å². The summed E-state index contributed by atoms with van der Waals surface area (Å²) in [7, 11) is 0. The van der Waals surface area contributed by atoms with Crippen molar-refractivity contribution in [1.82, 2.24) is 4.98 Å². The van der Waals surface area contributed by atoms with Gasteiger partial charge in [0.15, 0.2) is 0 Å². The molecule has 172 valence electrons. The predicted octanol–water partition coefficient (Wildman–Crippen LogP) is 9.13. The second-order valence-corrected chi connectivity index (χ2v) is 11.1. The molecule has 0 bridgehead atoms. The Morgan fingerprint density at radius 3 is 2.29 bits per heavy atom. The molecule has 4 aromatic carbocycles. The summed E-state index contributed by atoms with van der Waals surface area (Å²) in [4.78, 5) is 4.89. The summed E-state index contributed by atoms with van der Waals surface area (Å²) < 4.78 is 6.54. The Hall–Kier alpha value is -3.65. The first kappa shape index (κ1) is 20.7. The van der Waals surface area contributed by atoms with E-state index in [1.807, 2.05) is 6.20 Å². The van der Waals surface area contributed by atoms with Gasteiger partial charge in [-0.15, -0.1) is 0 Å². The minimum Gasteiger partial charge on any atom is -0.455 e. The predicted molar refractivity (Wildman–Crippen MR) is 147 cm³/mol. The van der Waals surface area contributed by atoms with E-state index in [0.717, 1.165) is 39.6 Å². The zero-order chi connectivity index (χ0) is 23.7. The number of pyridine rings is 1. The van der Waals surface area contributed by atoms with Crippen LogP contribution in [-0.4, -0.2) is 4.98 Å². The van der Waals surface area contributed by atoms with Gasteiger partial charge < -0.3 is 4.42 Å². The molecule has 0 spiro atoms. The molecule has 0 unspecified atom stereocenters. The second kappa shape index (κ2) is 7.42. The highest BCUT2D eigenvalue weighted by Gasteiger charge is 2.21. The number of fused-ring (bicyclic) bond motifs is 7. The van der Waals surface area contributed by atoms with Gasteiger partial charge in [0.1, 0.15) is 11.2 Å². The normalized spacial score (nSPS) is 14.3. The van der Waals surface area contributed by atoms with E-state index in [9.17, 15) is 0 Å². The van der Waals surface area contributed by atoms with Crippen molar-refractivity contribution in [3.8, 4) is 11.3 Å². The van der Waals surface area contributed by atoms with E-state index in [2.05, 4.69) is 87.5 Å². The lowest BCUT2D eigenvalue weighted by Gasteiger charge is -2.23. The van der Waals surface area contributed by atoms with Crippen molar-refractivity contribution in [3.05, 3.63) is 89.6 Å². The SMILES string of the molecule is CC(C)(C)c1cc(-c2nccc3c2ccc2c4cc5c(cc4oc32)CCCC5)cc2ccccc12. The highest BCUT2D eigenvalue weighted by Crippen LogP contribution is 2.40. The number of hydrogen-bond donors (Lipinski definition) is 0. The first-order valence-corrected chi connectivity index (χ1v) is 12.8. The van der Waals surface area contributed by atoms with Crippen molar-refractivity contribution in [3.63, 3.8) is 0 Å². The van der Waals surface area contributed by atoms with Crippen LogP contribution < -0.4 is 0 Å². The summed E-state index contributed by atoms with van der Waals surface area (Å²) >= 11 is 0. The number of hydrogen-bond acceptors (Lipinski definition) is 2. The highest BCUT2D eigenvalue weighted by atomic mass is 16.3. The molecule has 7 rings (SSSR count). The minimum absolute atomic E-state index is 0.0330. The number of nitrogens with zero attached hydrogens (tertiary/aromatic N) is 1. The molecule has 2 nitrogen and oxygen atoms in total. The molecule has 2 aromatic heterocycles. The van der Waals surface area contributed by atoms with Crippen molar-refractivity contribution in [2.24, 2.45) is 0 Å². The molecule has 0 saturated carbocycles. The average molecular weight is 456 g/mol. The van der Waals surface area contributed by atoms with Gasteiger partial charge in [0, 0.05) is 33.3 Å². The topological polar surface area (TPSA) is 26.0 Å². The third-order valence-electron chi connectivity index (χ3n) is 7.79. The van der Waals surface area contributed by atoms with Gasteiger partial charge in [-0.25, -0.2) is 0 Å². The maximum absolute atomic E-state index is 6.54. The first-order valence-electron chi connectivity index (χ1n) is 12.8. The van der Waals surface area contributed by atoms with Crippen LogP contribution in [0, 0.1) is 0 Å². The monoisotopic (exact) mass is 455 g/mol. The van der Waals surface area contributed by atoms with Crippen LogP contribution in [0.25, 0.3) is 54.7 Å². The molecule has 1 aliphatic rings. The van der Waals surface area contributed by atoms with Crippen LogP contribution >= 0.6 is 0 Å². The molecular weight excluding hydrogens is 426 g/mol. The fourth-order valence-electron chi connectivity index (χ4n) is 6.02. The van der Waals surface area contributed by atoms with Gasteiger partial charge in [-0.05, 0) is 95.0 Å². The molecule has 35 heavy (non-hydrogen) atoms. The van der Waals surface area contributed by atoms with Crippen molar-refractivity contribution in [1.29, 1.82) is 0 Å². The Bertz CT molecular complexity index is 1780. The van der Waals surface area contributed by atoms with Crippen LogP contribution in [0.3, 0.4) is 0 Å². The Balaban J connectivity index is 1.50. The molecule has 2 heterocycles.